The fourth-order valence-electron chi connectivity index (χ4n) is 2.14. The van der Waals surface area contributed by atoms with E-state index in [1.807, 2.05) is 55.5 Å². The summed E-state index contributed by atoms with van der Waals surface area (Å²) in [6, 6.07) is 15.7. The fourth-order valence-corrected chi connectivity index (χ4v) is 2.52. The summed E-state index contributed by atoms with van der Waals surface area (Å²) in [4.78, 5) is 0. The Labute approximate surface area is 122 Å². The Bertz CT molecular complexity index is 540. The maximum Gasteiger partial charge on any atom is 0.124 e. The van der Waals surface area contributed by atoms with E-state index in [1.165, 1.54) is 0 Å². The van der Waals surface area contributed by atoms with Crippen molar-refractivity contribution in [2.75, 3.05) is 7.11 Å². The molecule has 2 rings (SSSR count). The van der Waals surface area contributed by atoms with Gasteiger partial charge in [0.2, 0.25) is 0 Å². The maximum atomic E-state index is 10.6. The van der Waals surface area contributed by atoms with E-state index in [0.29, 0.717) is 5.75 Å². The summed E-state index contributed by atoms with van der Waals surface area (Å²) in [5.41, 5.74) is 1.91. The summed E-state index contributed by atoms with van der Waals surface area (Å²) in [6.07, 6.45) is -0.602. The molecule has 0 aliphatic rings. The molecule has 2 aromatic rings. The highest BCUT2D eigenvalue weighted by Gasteiger charge is 2.21. The van der Waals surface area contributed by atoms with Gasteiger partial charge in [-0.3, -0.25) is 0 Å². The van der Waals surface area contributed by atoms with Crippen molar-refractivity contribution in [1.29, 1.82) is 0 Å². The van der Waals surface area contributed by atoms with Gasteiger partial charge in [-0.15, -0.1) is 0 Å². The number of methoxy groups -OCH3 is 1. The molecule has 1 N–H and O–H groups in total. The van der Waals surface area contributed by atoms with Crippen LogP contribution < -0.4 is 4.74 Å². The Balaban J connectivity index is 2.33. The molecule has 0 aromatic heterocycles. The van der Waals surface area contributed by atoms with Crippen molar-refractivity contribution < 1.29 is 9.84 Å². The first kappa shape index (κ1) is 14.1. The number of halogens is 1. The standard InChI is InChI=1S/C16H17BrO2/c1-11(12-6-4-3-5-7-12)16(18)14-10-13(17)8-9-15(14)19-2/h3-11,16,18H,1-2H3. The molecule has 2 unspecified atom stereocenters. The highest BCUT2D eigenvalue weighted by molar-refractivity contribution is 9.10. The van der Waals surface area contributed by atoms with Gasteiger partial charge >= 0.3 is 0 Å². The summed E-state index contributed by atoms with van der Waals surface area (Å²) in [5, 5.41) is 10.6. The van der Waals surface area contributed by atoms with Crippen LogP contribution >= 0.6 is 15.9 Å². The molecule has 0 aliphatic carbocycles. The van der Waals surface area contributed by atoms with Gasteiger partial charge in [0.15, 0.2) is 0 Å². The van der Waals surface area contributed by atoms with Crippen LogP contribution in [0.15, 0.2) is 53.0 Å². The number of rotatable bonds is 4. The van der Waals surface area contributed by atoms with Crippen molar-refractivity contribution in [3.63, 3.8) is 0 Å². The summed E-state index contributed by atoms with van der Waals surface area (Å²) in [6.45, 7) is 2.01. The lowest BCUT2D eigenvalue weighted by molar-refractivity contribution is 0.148. The molecule has 2 atom stereocenters. The third-order valence-electron chi connectivity index (χ3n) is 3.31. The molecular formula is C16H17BrO2. The number of benzene rings is 2. The van der Waals surface area contributed by atoms with Gasteiger partial charge in [-0.25, -0.2) is 0 Å². The third-order valence-corrected chi connectivity index (χ3v) is 3.80. The monoisotopic (exact) mass is 320 g/mol. The topological polar surface area (TPSA) is 29.5 Å². The second-order valence-corrected chi connectivity index (χ2v) is 5.45. The van der Waals surface area contributed by atoms with Gasteiger partial charge in [-0.2, -0.15) is 0 Å². The summed E-state index contributed by atoms with van der Waals surface area (Å²) in [7, 11) is 1.62. The predicted octanol–water partition coefficient (Wildman–Crippen LogP) is 4.29. The van der Waals surface area contributed by atoms with E-state index < -0.39 is 6.10 Å². The number of aliphatic hydroxyl groups excluding tert-OH is 1. The first-order valence-electron chi connectivity index (χ1n) is 6.20. The third kappa shape index (κ3) is 3.17. The van der Waals surface area contributed by atoms with Gasteiger partial charge in [0.1, 0.15) is 5.75 Å². The Kier molecular flexibility index (Phi) is 4.61. The molecule has 0 fully saturated rings. The smallest absolute Gasteiger partial charge is 0.124 e. The number of hydrogen-bond donors (Lipinski definition) is 1. The average molecular weight is 321 g/mol. The molecule has 0 amide bonds. The van der Waals surface area contributed by atoms with E-state index in [4.69, 9.17) is 4.74 Å². The van der Waals surface area contributed by atoms with Gasteiger partial charge in [0.05, 0.1) is 13.2 Å². The Morgan fingerprint density at radius 1 is 1.11 bits per heavy atom. The van der Waals surface area contributed by atoms with Crippen LogP contribution in [-0.2, 0) is 0 Å². The first-order chi connectivity index (χ1) is 9.13. The van der Waals surface area contributed by atoms with Gasteiger partial charge in [-0.05, 0) is 23.8 Å². The molecule has 0 bridgehead atoms. The molecule has 2 aromatic carbocycles. The van der Waals surface area contributed by atoms with Gasteiger partial charge in [-0.1, -0.05) is 53.2 Å². The van der Waals surface area contributed by atoms with Crippen molar-refractivity contribution in [3.8, 4) is 5.75 Å². The lowest BCUT2D eigenvalue weighted by atomic mass is 9.90. The zero-order chi connectivity index (χ0) is 13.8. The molecule has 100 valence electrons. The van der Waals surface area contributed by atoms with E-state index in [9.17, 15) is 5.11 Å². The Morgan fingerprint density at radius 2 is 1.79 bits per heavy atom. The SMILES string of the molecule is COc1ccc(Br)cc1C(O)C(C)c1ccccc1. The quantitative estimate of drug-likeness (QED) is 0.910. The molecule has 0 heterocycles. The van der Waals surface area contributed by atoms with Crippen molar-refractivity contribution in [1.82, 2.24) is 0 Å². The zero-order valence-electron chi connectivity index (χ0n) is 11.0. The van der Waals surface area contributed by atoms with Gasteiger partial charge in [0.25, 0.3) is 0 Å². The Hall–Kier alpha value is -1.32. The zero-order valence-corrected chi connectivity index (χ0v) is 12.6. The molecule has 3 heteroatoms. The van der Waals surface area contributed by atoms with Crippen LogP contribution in [0.25, 0.3) is 0 Å². The predicted molar refractivity (Wildman–Crippen MR) is 80.5 cm³/mol. The average Bonchev–Trinajstić information content (AvgIpc) is 2.46. The second-order valence-electron chi connectivity index (χ2n) is 4.53. The number of aliphatic hydroxyl groups is 1. The lowest BCUT2D eigenvalue weighted by Gasteiger charge is -2.21. The Morgan fingerprint density at radius 3 is 2.42 bits per heavy atom. The molecular weight excluding hydrogens is 304 g/mol. The maximum absolute atomic E-state index is 10.6. The summed E-state index contributed by atoms with van der Waals surface area (Å²) in [5.74, 6) is 0.711. The minimum atomic E-state index is -0.602. The van der Waals surface area contributed by atoms with E-state index in [0.717, 1.165) is 15.6 Å². The van der Waals surface area contributed by atoms with E-state index >= 15 is 0 Å². The molecule has 0 radical (unpaired) electrons. The number of hydrogen-bond acceptors (Lipinski definition) is 2. The van der Waals surface area contributed by atoms with E-state index in [1.54, 1.807) is 7.11 Å². The van der Waals surface area contributed by atoms with Crippen molar-refractivity contribution in [3.05, 3.63) is 64.1 Å². The molecule has 0 aliphatic heterocycles. The lowest BCUT2D eigenvalue weighted by Crippen LogP contribution is -2.09. The van der Waals surface area contributed by atoms with Crippen LogP contribution in [0.4, 0.5) is 0 Å². The molecule has 0 spiro atoms. The van der Waals surface area contributed by atoms with Crippen molar-refractivity contribution >= 4 is 15.9 Å². The fraction of sp³-hybridized carbons (Fsp3) is 0.250. The van der Waals surface area contributed by atoms with Crippen LogP contribution in [0.3, 0.4) is 0 Å². The minimum Gasteiger partial charge on any atom is -0.496 e. The molecule has 0 saturated carbocycles. The number of ether oxygens (including phenoxy) is 1. The summed E-state index contributed by atoms with van der Waals surface area (Å²) < 4.78 is 6.26. The van der Waals surface area contributed by atoms with Gasteiger partial charge in [0, 0.05) is 16.0 Å². The van der Waals surface area contributed by atoms with Crippen LogP contribution in [0.5, 0.6) is 5.75 Å². The minimum absolute atomic E-state index is 0.00407. The molecule has 0 saturated heterocycles. The van der Waals surface area contributed by atoms with Crippen LogP contribution in [0.1, 0.15) is 30.1 Å². The van der Waals surface area contributed by atoms with Crippen LogP contribution in [-0.4, -0.2) is 12.2 Å². The van der Waals surface area contributed by atoms with Crippen molar-refractivity contribution in [2.45, 2.75) is 18.9 Å². The highest BCUT2D eigenvalue weighted by atomic mass is 79.9. The first-order valence-corrected chi connectivity index (χ1v) is 6.99. The van der Waals surface area contributed by atoms with E-state index in [-0.39, 0.29) is 5.92 Å². The molecule has 2 nitrogen and oxygen atoms in total. The van der Waals surface area contributed by atoms with E-state index in [2.05, 4.69) is 15.9 Å². The van der Waals surface area contributed by atoms with Crippen LogP contribution in [0, 0.1) is 0 Å². The normalized spacial score (nSPS) is 13.9. The largest absolute Gasteiger partial charge is 0.496 e. The molecule has 19 heavy (non-hydrogen) atoms. The highest BCUT2D eigenvalue weighted by Crippen LogP contribution is 2.36. The van der Waals surface area contributed by atoms with Crippen molar-refractivity contribution in [2.24, 2.45) is 0 Å². The van der Waals surface area contributed by atoms with Crippen LogP contribution in [0.2, 0.25) is 0 Å². The second kappa shape index (κ2) is 6.22. The van der Waals surface area contributed by atoms with Gasteiger partial charge < -0.3 is 9.84 Å². The summed E-state index contributed by atoms with van der Waals surface area (Å²) >= 11 is 3.43.